The third-order valence-electron chi connectivity index (χ3n) is 3.00. The van der Waals surface area contributed by atoms with Gasteiger partial charge in [0.2, 0.25) is 5.91 Å². The number of aryl methyl sites for hydroxylation is 1. The molecule has 0 aliphatic rings. The predicted octanol–water partition coefficient (Wildman–Crippen LogP) is 2.43. The first-order valence-electron chi connectivity index (χ1n) is 6.89. The Hall–Kier alpha value is -1.35. The van der Waals surface area contributed by atoms with E-state index in [2.05, 4.69) is 35.8 Å². The van der Waals surface area contributed by atoms with E-state index in [1.54, 1.807) is 0 Å². The average Bonchev–Trinajstić information content (AvgIpc) is 2.29. The van der Waals surface area contributed by atoms with Gasteiger partial charge in [-0.3, -0.25) is 4.79 Å². The van der Waals surface area contributed by atoms with Gasteiger partial charge in [0.15, 0.2) is 0 Å². The molecule has 3 heteroatoms. The largest absolute Gasteiger partial charge is 0.350 e. The van der Waals surface area contributed by atoms with Crippen LogP contribution in [0.5, 0.6) is 0 Å². The summed E-state index contributed by atoms with van der Waals surface area (Å²) in [7, 11) is 0. The first kappa shape index (κ1) is 15.7. The van der Waals surface area contributed by atoms with Gasteiger partial charge in [0, 0.05) is 5.54 Å². The molecule has 106 valence electrons. The SMILES string of the molecule is Cc1ccccc1CCNC(C)C(=O)NC(C)(C)C. The molecule has 0 radical (unpaired) electrons. The maximum absolute atomic E-state index is 11.9. The minimum atomic E-state index is -0.178. The third kappa shape index (κ3) is 5.88. The van der Waals surface area contributed by atoms with E-state index in [0.717, 1.165) is 13.0 Å². The van der Waals surface area contributed by atoms with Crippen molar-refractivity contribution in [2.24, 2.45) is 0 Å². The molecule has 0 fully saturated rings. The molecule has 1 unspecified atom stereocenters. The van der Waals surface area contributed by atoms with Gasteiger partial charge in [0.05, 0.1) is 6.04 Å². The molecule has 3 nitrogen and oxygen atoms in total. The molecule has 2 N–H and O–H groups in total. The molecular formula is C16H26N2O. The van der Waals surface area contributed by atoms with E-state index in [1.165, 1.54) is 11.1 Å². The molecule has 19 heavy (non-hydrogen) atoms. The fraction of sp³-hybridized carbons (Fsp3) is 0.562. The highest BCUT2D eigenvalue weighted by Crippen LogP contribution is 2.07. The second-order valence-electron chi connectivity index (χ2n) is 6.09. The van der Waals surface area contributed by atoms with Gasteiger partial charge in [-0.15, -0.1) is 0 Å². The van der Waals surface area contributed by atoms with Crippen LogP contribution in [-0.2, 0) is 11.2 Å². The molecule has 1 amide bonds. The normalized spacial score (nSPS) is 13.1. The number of benzene rings is 1. The first-order chi connectivity index (χ1) is 8.79. The van der Waals surface area contributed by atoms with Crippen LogP contribution in [0.2, 0.25) is 0 Å². The Morgan fingerprint density at radius 2 is 1.89 bits per heavy atom. The molecule has 0 aliphatic heterocycles. The van der Waals surface area contributed by atoms with Crippen molar-refractivity contribution in [3.63, 3.8) is 0 Å². The number of carbonyl (C=O) groups is 1. The van der Waals surface area contributed by atoms with Crippen molar-refractivity contribution in [3.05, 3.63) is 35.4 Å². The van der Waals surface area contributed by atoms with E-state index in [0.29, 0.717) is 0 Å². The van der Waals surface area contributed by atoms with E-state index in [-0.39, 0.29) is 17.5 Å². The van der Waals surface area contributed by atoms with Crippen molar-refractivity contribution in [1.82, 2.24) is 10.6 Å². The highest BCUT2D eigenvalue weighted by atomic mass is 16.2. The van der Waals surface area contributed by atoms with Crippen LogP contribution in [0.1, 0.15) is 38.8 Å². The lowest BCUT2D eigenvalue weighted by molar-refractivity contribution is -0.124. The molecule has 0 aromatic heterocycles. The van der Waals surface area contributed by atoms with Crippen LogP contribution in [-0.4, -0.2) is 24.0 Å². The van der Waals surface area contributed by atoms with E-state index < -0.39 is 0 Å². The molecule has 0 saturated carbocycles. The Morgan fingerprint density at radius 3 is 2.47 bits per heavy atom. The molecule has 0 aliphatic carbocycles. The summed E-state index contributed by atoms with van der Waals surface area (Å²) in [6, 6.07) is 8.19. The molecule has 1 aromatic carbocycles. The average molecular weight is 262 g/mol. The molecule has 0 spiro atoms. The zero-order chi connectivity index (χ0) is 14.5. The van der Waals surface area contributed by atoms with Gasteiger partial charge < -0.3 is 10.6 Å². The van der Waals surface area contributed by atoms with Gasteiger partial charge in [-0.05, 0) is 58.7 Å². The number of carbonyl (C=O) groups excluding carboxylic acids is 1. The Bertz CT molecular complexity index is 421. The van der Waals surface area contributed by atoms with Crippen molar-refractivity contribution >= 4 is 5.91 Å². The van der Waals surface area contributed by atoms with Gasteiger partial charge >= 0.3 is 0 Å². The van der Waals surface area contributed by atoms with E-state index >= 15 is 0 Å². The van der Waals surface area contributed by atoms with Crippen LogP contribution in [0.15, 0.2) is 24.3 Å². The molecular weight excluding hydrogens is 236 g/mol. The lowest BCUT2D eigenvalue weighted by Crippen LogP contribution is -2.49. The lowest BCUT2D eigenvalue weighted by atomic mass is 10.1. The third-order valence-corrected chi connectivity index (χ3v) is 3.00. The fourth-order valence-corrected chi connectivity index (χ4v) is 1.88. The maximum atomic E-state index is 11.9. The van der Waals surface area contributed by atoms with Gasteiger partial charge in [0.1, 0.15) is 0 Å². The zero-order valence-electron chi connectivity index (χ0n) is 12.7. The Labute approximate surface area is 116 Å². The summed E-state index contributed by atoms with van der Waals surface area (Å²) < 4.78 is 0. The van der Waals surface area contributed by atoms with Crippen LogP contribution in [0.25, 0.3) is 0 Å². The highest BCUT2D eigenvalue weighted by molar-refractivity contribution is 5.81. The number of hydrogen-bond donors (Lipinski definition) is 2. The summed E-state index contributed by atoms with van der Waals surface area (Å²) in [4.78, 5) is 11.9. The highest BCUT2D eigenvalue weighted by Gasteiger charge is 2.18. The summed E-state index contributed by atoms with van der Waals surface area (Å²) in [6.07, 6.45) is 0.944. The summed E-state index contributed by atoms with van der Waals surface area (Å²) in [5, 5.41) is 6.25. The van der Waals surface area contributed by atoms with Crippen LogP contribution >= 0.6 is 0 Å². The van der Waals surface area contributed by atoms with Crippen molar-refractivity contribution in [2.45, 2.75) is 52.6 Å². The Kier molecular flexibility index (Phi) is 5.55. The number of amides is 1. The monoisotopic (exact) mass is 262 g/mol. The predicted molar refractivity (Wildman–Crippen MR) is 80.2 cm³/mol. The van der Waals surface area contributed by atoms with Crippen LogP contribution in [0.4, 0.5) is 0 Å². The standard InChI is InChI=1S/C16H26N2O/c1-12-8-6-7-9-14(12)10-11-17-13(2)15(19)18-16(3,4)5/h6-9,13,17H,10-11H2,1-5H3,(H,18,19). The van der Waals surface area contributed by atoms with Gasteiger partial charge in [-0.2, -0.15) is 0 Å². The van der Waals surface area contributed by atoms with Crippen molar-refractivity contribution in [2.75, 3.05) is 6.54 Å². The van der Waals surface area contributed by atoms with Gasteiger partial charge in [-0.1, -0.05) is 24.3 Å². The van der Waals surface area contributed by atoms with Crippen molar-refractivity contribution in [1.29, 1.82) is 0 Å². The smallest absolute Gasteiger partial charge is 0.237 e. The first-order valence-corrected chi connectivity index (χ1v) is 6.89. The minimum Gasteiger partial charge on any atom is -0.350 e. The van der Waals surface area contributed by atoms with Gasteiger partial charge in [-0.25, -0.2) is 0 Å². The molecule has 0 saturated heterocycles. The van der Waals surface area contributed by atoms with Crippen LogP contribution in [0.3, 0.4) is 0 Å². The summed E-state index contributed by atoms with van der Waals surface area (Å²) in [5.74, 6) is 0.0530. The topological polar surface area (TPSA) is 41.1 Å². The van der Waals surface area contributed by atoms with Crippen LogP contribution < -0.4 is 10.6 Å². The quantitative estimate of drug-likeness (QED) is 0.855. The Balaban J connectivity index is 2.37. The minimum absolute atomic E-state index is 0.0530. The summed E-state index contributed by atoms with van der Waals surface area (Å²) >= 11 is 0. The molecule has 1 atom stereocenters. The van der Waals surface area contributed by atoms with E-state index in [9.17, 15) is 4.79 Å². The van der Waals surface area contributed by atoms with Crippen molar-refractivity contribution in [3.8, 4) is 0 Å². The summed E-state index contributed by atoms with van der Waals surface area (Å²) in [6.45, 7) is 10.8. The molecule has 1 aromatic rings. The number of hydrogen-bond acceptors (Lipinski definition) is 2. The van der Waals surface area contributed by atoms with E-state index in [4.69, 9.17) is 0 Å². The zero-order valence-corrected chi connectivity index (χ0v) is 12.7. The second-order valence-corrected chi connectivity index (χ2v) is 6.09. The maximum Gasteiger partial charge on any atom is 0.237 e. The molecule has 1 rings (SSSR count). The van der Waals surface area contributed by atoms with Gasteiger partial charge in [0.25, 0.3) is 0 Å². The number of rotatable bonds is 5. The van der Waals surface area contributed by atoms with Crippen molar-refractivity contribution < 1.29 is 4.79 Å². The number of nitrogens with one attached hydrogen (secondary N) is 2. The molecule has 0 heterocycles. The lowest BCUT2D eigenvalue weighted by Gasteiger charge is -2.23. The fourth-order valence-electron chi connectivity index (χ4n) is 1.88. The Morgan fingerprint density at radius 1 is 1.26 bits per heavy atom. The second kappa shape index (κ2) is 6.71. The van der Waals surface area contributed by atoms with Crippen LogP contribution in [0, 0.1) is 6.92 Å². The van der Waals surface area contributed by atoms with E-state index in [1.807, 2.05) is 33.8 Å². The summed E-state index contributed by atoms with van der Waals surface area (Å²) in [5.41, 5.74) is 2.46. The molecule has 0 bridgehead atoms.